The number of pyridine rings is 1. The van der Waals surface area contributed by atoms with Crippen LogP contribution >= 0.6 is 11.6 Å². The fraction of sp³-hybridized carbons (Fsp3) is 0.385. The minimum atomic E-state index is -0.601. The van der Waals surface area contributed by atoms with Crippen LogP contribution in [-0.4, -0.2) is 26.5 Å². The SMILES string of the molecule is CC(Nc1c(C(C)C)nc2ccc(Cl)cn12)C(=O)NO. The van der Waals surface area contributed by atoms with Gasteiger partial charge in [0.15, 0.2) is 0 Å². The lowest BCUT2D eigenvalue weighted by Crippen LogP contribution is -2.36. The Labute approximate surface area is 121 Å². The molecule has 0 fully saturated rings. The average Bonchev–Trinajstić information content (AvgIpc) is 2.76. The van der Waals surface area contributed by atoms with Crippen LogP contribution in [0.2, 0.25) is 5.02 Å². The van der Waals surface area contributed by atoms with Gasteiger partial charge in [-0.1, -0.05) is 25.4 Å². The van der Waals surface area contributed by atoms with Crippen LogP contribution in [0.5, 0.6) is 0 Å². The predicted octanol–water partition coefficient (Wildman–Crippen LogP) is 2.42. The summed E-state index contributed by atoms with van der Waals surface area (Å²) in [6, 6.07) is 2.98. The van der Waals surface area contributed by atoms with Gasteiger partial charge in [-0.2, -0.15) is 0 Å². The Morgan fingerprint density at radius 3 is 2.70 bits per heavy atom. The van der Waals surface area contributed by atoms with Gasteiger partial charge in [0.25, 0.3) is 5.91 Å². The lowest BCUT2D eigenvalue weighted by Gasteiger charge is -2.15. The number of anilines is 1. The third kappa shape index (κ3) is 2.71. The van der Waals surface area contributed by atoms with Gasteiger partial charge in [-0.25, -0.2) is 10.5 Å². The first-order chi connectivity index (χ1) is 9.43. The van der Waals surface area contributed by atoms with E-state index in [1.165, 1.54) is 0 Å². The second kappa shape index (κ2) is 5.68. The molecular formula is C13H17ClN4O2. The lowest BCUT2D eigenvalue weighted by molar-refractivity contribution is -0.129. The van der Waals surface area contributed by atoms with E-state index in [1.54, 1.807) is 29.1 Å². The van der Waals surface area contributed by atoms with Gasteiger partial charge in [0.2, 0.25) is 0 Å². The zero-order valence-corrected chi connectivity index (χ0v) is 12.3. The van der Waals surface area contributed by atoms with Crippen molar-refractivity contribution in [3.8, 4) is 0 Å². The van der Waals surface area contributed by atoms with E-state index in [0.717, 1.165) is 11.3 Å². The first-order valence-corrected chi connectivity index (χ1v) is 6.69. The number of carbonyl (C=O) groups excluding carboxylic acids is 1. The van der Waals surface area contributed by atoms with E-state index in [2.05, 4.69) is 10.3 Å². The molecule has 0 bridgehead atoms. The van der Waals surface area contributed by atoms with Crippen molar-refractivity contribution in [3.05, 3.63) is 29.0 Å². The average molecular weight is 297 g/mol. The highest BCUT2D eigenvalue weighted by molar-refractivity contribution is 6.30. The number of rotatable bonds is 4. The minimum absolute atomic E-state index is 0.181. The van der Waals surface area contributed by atoms with Crippen molar-refractivity contribution >= 4 is 29.0 Å². The maximum absolute atomic E-state index is 11.4. The molecule has 0 spiro atoms. The summed E-state index contributed by atoms with van der Waals surface area (Å²) in [4.78, 5) is 16.0. The summed E-state index contributed by atoms with van der Waals surface area (Å²) in [5.74, 6) is 0.367. The van der Waals surface area contributed by atoms with Gasteiger partial charge in [0, 0.05) is 6.20 Å². The van der Waals surface area contributed by atoms with Crippen molar-refractivity contribution < 1.29 is 10.0 Å². The quantitative estimate of drug-likeness (QED) is 0.598. The van der Waals surface area contributed by atoms with Crippen LogP contribution in [0.4, 0.5) is 5.82 Å². The molecule has 2 aromatic rings. The molecule has 1 unspecified atom stereocenters. The summed E-state index contributed by atoms with van der Waals surface area (Å²) in [7, 11) is 0. The van der Waals surface area contributed by atoms with Gasteiger partial charge in [0.1, 0.15) is 17.5 Å². The third-order valence-corrected chi connectivity index (χ3v) is 3.24. The summed E-state index contributed by atoms with van der Waals surface area (Å²) in [6.45, 7) is 5.69. The van der Waals surface area contributed by atoms with E-state index in [1.807, 2.05) is 19.9 Å². The zero-order chi connectivity index (χ0) is 14.9. The fourth-order valence-corrected chi connectivity index (χ4v) is 2.11. The number of amides is 1. The lowest BCUT2D eigenvalue weighted by atomic mass is 10.1. The highest BCUT2D eigenvalue weighted by atomic mass is 35.5. The molecule has 2 aromatic heterocycles. The van der Waals surface area contributed by atoms with Crippen molar-refractivity contribution in [2.75, 3.05) is 5.32 Å². The number of imidazole rings is 1. The molecule has 20 heavy (non-hydrogen) atoms. The number of hydroxylamine groups is 1. The van der Waals surface area contributed by atoms with Crippen LogP contribution in [0.15, 0.2) is 18.3 Å². The number of aromatic nitrogens is 2. The second-order valence-electron chi connectivity index (χ2n) is 4.92. The fourth-order valence-electron chi connectivity index (χ4n) is 1.95. The van der Waals surface area contributed by atoms with Crippen LogP contribution in [0.25, 0.3) is 5.65 Å². The van der Waals surface area contributed by atoms with Crippen molar-refractivity contribution in [1.29, 1.82) is 0 Å². The summed E-state index contributed by atoms with van der Waals surface area (Å²) < 4.78 is 1.80. The number of hydrogen-bond donors (Lipinski definition) is 3. The molecule has 0 saturated carbocycles. The van der Waals surface area contributed by atoms with Crippen LogP contribution in [0.1, 0.15) is 32.4 Å². The minimum Gasteiger partial charge on any atom is -0.358 e. The number of hydrogen-bond acceptors (Lipinski definition) is 4. The molecule has 2 heterocycles. The molecule has 0 aliphatic heterocycles. The predicted molar refractivity (Wildman–Crippen MR) is 77.3 cm³/mol. The molecule has 0 saturated heterocycles. The number of fused-ring (bicyclic) bond motifs is 1. The first kappa shape index (κ1) is 14.6. The molecule has 2 rings (SSSR count). The third-order valence-electron chi connectivity index (χ3n) is 3.01. The molecule has 0 aliphatic carbocycles. The molecule has 7 heteroatoms. The number of halogens is 1. The van der Waals surface area contributed by atoms with Crippen molar-refractivity contribution in [3.63, 3.8) is 0 Å². The highest BCUT2D eigenvalue weighted by Crippen LogP contribution is 2.27. The van der Waals surface area contributed by atoms with Crippen LogP contribution < -0.4 is 10.8 Å². The molecular weight excluding hydrogens is 280 g/mol. The Hall–Kier alpha value is -1.79. The Balaban J connectivity index is 2.50. The molecule has 0 aliphatic rings. The van der Waals surface area contributed by atoms with Crippen molar-refractivity contribution in [2.45, 2.75) is 32.7 Å². The summed E-state index contributed by atoms with van der Waals surface area (Å²) >= 11 is 6.01. The van der Waals surface area contributed by atoms with Crippen LogP contribution in [0.3, 0.4) is 0 Å². The van der Waals surface area contributed by atoms with Gasteiger partial charge < -0.3 is 5.32 Å². The smallest absolute Gasteiger partial charge is 0.265 e. The molecule has 3 N–H and O–H groups in total. The number of carbonyl (C=O) groups is 1. The monoisotopic (exact) mass is 296 g/mol. The highest BCUT2D eigenvalue weighted by Gasteiger charge is 2.19. The maximum Gasteiger partial charge on any atom is 0.265 e. The second-order valence-corrected chi connectivity index (χ2v) is 5.35. The summed E-state index contributed by atoms with van der Waals surface area (Å²) in [5.41, 5.74) is 3.21. The molecule has 0 aromatic carbocycles. The van der Waals surface area contributed by atoms with Gasteiger partial charge in [-0.15, -0.1) is 0 Å². The zero-order valence-electron chi connectivity index (χ0n) is 11.5. The normalized spacial score (nSPS) is 12.7. The van der Waals surface area contributed by atoms with Gasteiger partial charge in [0.05, 0.1) is 10.7 Å². The van der Waals surface area contributed by atoms with Crippen molar-refractivity contribution in [2.24, 2.45) is 0 Å². The molecule has 1 atom stereocenters. The van der Waals surface area contributed by atoms with Gasteiger partial charge in [-0.05, 0) is 25.0 Å². The molecule has 108 valence electrons. The van der Waals surface area contributed by atoms with Crippen LogP contribution in [0, 0.1) is 0 Å². The summed E-state index contributed by atoms with van der Waals surface area (Å²) in [6.07, 6.45) is 1.74. The Kier molecular flexibility index (Phi) is 4.15. The van der Waals surface area contributed by atoms with E-state index in [9.17, 15) is 4.79 Å². The van der Waals surface area contributed by atoms with Gasteiger partial charge in [-0.3, -0.25) is 14.4 Å². The standard InChI is InChI=1S/C13H17ClN4O2/c1-7(2)11-12(15-8(3)13(19)17-20)18-6-9(14)4-5-10(18)16-11/h4-8,15,20H,1-3H3,(H,17,19). The molecule has 1 amide bonds. The van der Waals surface area contributed by atoms with E-state index in [-0.39, 0.29) is 5.92 Å². The van der Waals surface area contributed by atoms with E-state index in [4.69, 9.17) is 16.8 Å². The van der Waals surface area contributed by atoms with Gasteiger partial charge >= 0.3 is 0 Å². The van der Waals surface area contributed by atoms with Crippen molar-refractivity contribution in [1.82, 2.24) is 14.9 Å². The van der Waals surface area contributed by atoms with E-state index >= 15 is 0 Å². The Bertz CT molecular complexity index is 639. The van der Waals surface area contributed by atoms with E-state index < -0.39 is 11.9 Å². The Morgan fingerprint density at radius 1 is 1.40 bits per heavy atom. The summed E-state index contributed by atoms with van der Waals surface area (Å²) in [5, 5.41) is 12.3. The maximum atomic E-state index is 11.4. The largest absolute Gasteiger partial charge is 0.358 e. The van der Waals surface area contributed by atoms with E-state index in [0.29, 0.717) is 10.8 Å². The molecule has 6 nitrogen and oxygen atoms in total. The number of nitrogens with one attached hydrogen (secondary N) is 2. The molecule has 0 radical (unpaired) electrons. The first-order valence-electron chi connectivity index (χ1n) is 6.32. The Morgan fingerprint density at radius 2 is 2.10 bits per heavy atom. The topological polar surface area (TPSA) is 78.7 Å². The van der Waals surface area contributed by atoms with Crippen LogP contribution in [-0.2, 0) is 4.79 Å². The number of nitrogens with zero attached hydrogens (tertiary/aromatic N) is 2.